The summed E-state index contributed by atoms with van der Waals surface area (Å²) < 4.78 is 4.41. The molecule has 0 aromatic carbocycles. The number of pyridine rings is 2. The van der Waals surface area contributed by atoms with Gasteiger partial charge in [0, 0.05) is 0 Å². The summed E-state index contributed by atoms with van der Waals surface area (Å²) in [7, 11) is 4.13. The van der Waals surface area contributed by atoms with Crippen LogP contribution in [-0.4, -0.2) is 18.5 Å². The Bertz CT molecular complexity index is 599. The number of aromatic nitrogens is 2. The topological polar surface area (TPSA) is 11.8 Å². The molecule has 0 bridgehead atoms. The van der Waals surface area contributed by atoms with Crippen molar-refractivity contribution in [3.63, 3.8) is 0 Å². The molecule has 0 aliphatic carbocycles. The number of hydrogen-bond donors (Lipinski definition) is 0. The predicted molar refractivity (Wildman–Crippen MR) is 64.9 cm³/mol. The summed E-state index contributed by atoms with van der Waals surface area (Å²) in [4.78, 5) is 2.12. The molecule has 0 unspecified atom stereocenters. The Labute approximate surface area is 94.2 Å². The quantitative estimate of drug-likeness (QED) is 0.559. The fourth-order valence-electron chi connectivity index (χ4n) is 2.20. The zero-order valence-corrected chi connectivity index (χ0v) is 9.46. The van der Waals surface area contributed by atoms with Crippen LogP contribution in [0.1, 0.15) is 0 Å². The predicted octanol–water partition coefficient (Wildman–Crippen LogP) is 1.74. The minimum absolute atomic E-state index is 1.16. The Morgan fingerprint density at radius 3 is 2.69 bits per heavy atom. The highest BCUT2D eigenvalue weighted by molar-refractivity contribution is 5.73. The second-order valence-electron chi connectivity index (χ2n) is 4.11. The van der Waals surface area contributed by atoms with E-state index in [-0.39, 0.29) is 0 Å². The molecular formula is C13H14N3+. The van der Waals surface area contributed by atoms with Crippen molar-refractivity contribution in [2.75, 3.05) is 19.0 Å². The molecule has 3 nitrogen and oxygen atoms in total. The molecule has 0 aliphatic heterocycles. The van der Waals surface area contributed by atoms with Crippen LogP contribution in [0, 0.1) is 0 Å². The number of fused-ring (bicyclic) bond motifs is 3. The highest BCUT2D eigenvalue weighted by atomic mass is 15.3. The van der Waals surface area contributed by atoms with Gasteiger partial charge in [0.2, 0.25) is 0 Å². The van der Waals surface area contributed by atoms with E-state index < -0.39 is 0 Å². The molecule has 0 amide bonds. The Hall–Kier alpha value is -2.03. The summed E-state index contributed by atoms with van der Waals surface area (Å²) in [6.07, 6.45) is 4.19. The maximum atomic E-state index is 2.20. The molecule has 0 aliphatic rings. The number of anilines is 1. The van der Waals surface area contributed by atoms with E-state index in [4.69, 9.17) is 0 Å². The van der Waals surface area contributed by atoms with Crippen LogP contribution in [0.4, 0.5) is 5.95 Å². The van der Waals surface area contributed by atoms with Crippen molar-refractivity contribution in [1.29, 1.82) is 0 Å². The molecular weight excluding hydrogens is 198 g/mol. The largest absolute Gasteiger partial charge is 0.369 e. The van der Waals surface area contributed by atoms with Gasteiger partial charge in [0.1, 0.15) is 11.0 Å². The van der Waals surface area contributed by atoms with Crippen LogP contribution in [0.2, 0.25) is 0 Å². The van der Waals surface area contributed by atoms with Gasteiger partial charge < -0.3 is 0 Å². The zero-order chi connectivity index (χ0) is 11.1. The van der Waals surface area contributed by atoms with E-state index in [2.05, 4.69) is 76.6 Å². The van der Waals surface area contributed by atoms with Crippen LogP contribution in [0.25, 0.3) is 11.0 Å². The molecule has 0 fully saturated rings. The minimum Gasteiger partial charge on any atom is -0.269 e. The highest BCUT2D eigenvalue weighted by Gasteiger charge is 2.19. The third kappa shape index (κ3) is 1.11. The molecule has 0 saturated heterocycles. The number of nitrogens with zero attached hydrogens (tertiary/aromatic N) is 3. The normalized spacial score (nSPS) is 11.1. The van der Waals surface area contributed by atoms with Gasteiger partial charge in [-0.05, 0) is 24.3 Å². The Balaban J connectivity index is 2.59. The molecule has 3 heterocycles. The molecule has 0 atom stereocenters. The first-order valence-corrected chi connectivity index (χ1v) is 5.36. The van der Waals surface area contributed by atoms with E-state index in [1.54, 1.807) is 0 Å². The van der Waals surface area contributed by atoms with Gasteiger partial charge in [-0.3, -0.25) is 4.90 Å². The Kier molecular flexibility index (Phi) is 1.86. The lowest BCUT2D eigenvalue weighted by atomic mass is 10.3. The van der Waals surface area contributed by atoms with E-state index in [9.17, 15) is 0 Å². The third-order valence-corrected chi connectivity index (χ3v) is 2.81. The van der Waals surface area contributed by atoms with Crippen molar-refractivity contribution < 1.29 is 4.40 Å². The van der Waals surface area contributed by atoms with Gasteiger partial charge in [-0.1, -0.05) is 12.1 Å². The van der Waals surface area contributed by atoms with Gasteiger partial charge in [-0.2, -0.15) is 0 Å². The van der Waals surface area contributed by atoms with Crippen LogP contribution >= 0.6 is 0 Å². The maximum Gasteiger partial charge on any atom is 0.369 e. The summed E-state index contributed by atoms with van der Waals surface area (Å²) in [5.74, 6) is 1.16. The van der Waals surface area contributed by atoms with Crippen molar-refractivity contribution in [1.82, 2.24) is 4.40 Å². The van der Waals surface area contributed by atoms with Gasteiger partial charge in [0.25, 0.3) is 0 Å². The summed E-state index contributed by atoms with van der Waals surface area (Å²) >= 11 is 0. The third-order valence-electron chi connectivity index (χ3n) is 2.81. The minimum atomic E-state index is 1.16. The smallest absolute Gasteiger partial charge is 0.269 e. The summed E-state index contributed by atoms with van der Waals surface area (Å²) in [5.41, 5.74) is 2.46. The van der Waals surface area contributed by atoms with Gasteiger partial charge >= 0.3 is 5.95 Å². The molecule has 3 rings (SSSR count). The molecule has 3 heteroatoms. The lowest BCUT2D eigenvalue weighted by Gasteiger charge is -2.03. The van der Waals surface area contributed by atoms with Gasteiger partial charge in [0.05, 0.1) is 26.5 Å². The number of imidazole rings is 1. The summed E-state index contributed by atoms with van der Waals surface area (Å²) in [5, 5.41) is 0. The van der Waals surface area contributed by atoms with E-state index in [0.29, 0.717) is 0 Å². The molecule has 0 spiro atoms. The number of rotatable bonds is 1. The first kappa shape index (κ1) is 9.21. The van der Waals surface area contributed by atoms with Gasteiger partial charge in [0.15, 0.2) is 0 Å². The summed E-state index contributed by atoms with van der Waals surface area (Å²) in [6.45, 7) is 0. The second kappa shape index (κ2) is 3.23. The fourth-order valence-corrected chi connectivity index (χ4v) is 2.20. The molecule has 0 N–H and O–H groups in total. The van der Waals surface area contributed by atoms with Crippen LogP contribution < -0.4 is 9.30 Å². The Morgan fingerprint density at radius 2 is 1.88 bits per heavy atom. The van der Waals surface area contributed by atoms with Crippen molar-refractivity contribution in [3.8, 4) is 0 Å². The van der Waals surface area contributed by atoms with Gasteiger partial charge in [-0.15, -0.1) is 0 Å². The average molecular weight is 212 g/mol. The van der Waals surface area contributed by atoms with Crippen molar-refractivity contribution in [2.24, 2.45) is 0 Å². The average Bonchev–Trinajstić information content (AvgIpc) is 2.63. The molecule has 80 valence electrons. The molecule has 16 heavy (non-hydrogen) atoms. The number of hydrogen-bond acceptors (Lipinski definition) is 1. The monoisotopic (exact) mass is 212 g/mol. The SMILES string of the molecule is CN(C)c1n2ccccc2c2cccc[n+]12. The van der Waals surface area contributed by atoms with Crippen LogP contribution in [-0.2, 0) is 0 Å². The maximum absolute atomic E-state index is 2.20. The zero-order valence-electron chi connectivity index (χ0n) is 9.46. The molecule has 0 radical (unpaired) electrons. The van der Waals surface area contributed by atoms with E-state index in [1.165, 1.54) is 11.0 Å². The van der Waals surface area contributed by atoms with Crippen molar-refractivity contribution in [2.45, 2.75) is 0 Å². The first-order valence-electron chi connectivity index (χ1n) is 5.36. The molecule has 3 aromatic heterocycles. The fraction of sp³-hybridized carbons (Fsp3) is 0.154. The van der Waals surface area contributed by atoms with E-state index >= 15 is 0 Å². The molecule has 3 aromatic rings. The summed E-state index contributed by atoms with van der Waals surface area (Å²) in [6, 6.07) is 12.5. The van der Waals surface area contributed by atoms with Crippen LogP contribution in [0.15, 0.2) is 48.8 Å². The van der Waals surface area contributed by atoms with E-state index in [1.807, 2.05) is 0 Å². The van der Waals surface area contributed by atoms with Crippen molar-refractivity contribution >= 4 is 17.0 Å². The lowest BCUT2D eigenvalue weighted by molar-refractivity contribution is -0.497. The standard InChI is InChI=1S/C13H14N3/c1-14(2)13-15-9-5-3-7-11(15)12-8-4-6-10-16(12)13/h3-10H,1-2H3/q+1. The Morgan fingerprint density at radius 1 is 1.06 bits per heavy atom. The van der Waals surface area contributed by atoms with E-state index in [0.717, 1.165) is 5.95 Å². The van der Waals surface area contributed by atoms with Crippen LogP contribution in [0.3, 0.4) is 0 Å². The first-order chi connectivity index (χ1) is 7.79. The highest BCUT2D eigenvalue weighted by Crippen LogP contribution is 2.16. The lowest BCUT2D eigenvalue weighted by Crippen LogP contribution is -2.29. The van der Waals surface area contributed by atoms with Crippen molar-refractivity contribution in [3.05, 3.63) is 48.8 Å². The van der Waals surface area contributed by atoms with Gasteiger partial charge in [-0.25, -0.2) is 8.80 Å². The molecule has 0 saturated carbocycles. The van der Waals surface area contributed by atoms with Crippen LogP contribution in [0.5, 0.6) is 0 Å². The second-order valence-corrected chi connectivity index (χ2v) is 4.11.